The number of rotatable bonds is 8. The maximum Gasteiger partial charge on any atom is 0.264 e. The molecule has 3 aromatic rings. The van der Waals surface area contributed by atoms with Crippen molar-refractivity contribution in [3.63, 3.8) is 0 Å². The average molecular weight is 412 g/mol. The maximum absolute atomic E-state index is 13.2. The predicted octanol–water partition coefficient (Wildman–Crippen LogP) is 4.80. The van der Waals surface area contributed by atoms with Crippen molar-refractivity contribution < 1.29 is 17.9 Å². The number of methoxy groups -OCH3 is 1. The van der Waals surface area contributed by atoms with Gasteiger partial charge in [-0.25, -0.2) is 8.42 Å². The van der Waals surface area contributed by atoms with Gasteiger partial charge in [0.2, 0.25) is 0 Å². The lowest BCUT2D eigenvalue weighted by Crippen LogP contribution is -2.30. The van der Waals surface area contributed by atoms with Gasteiger partial charge in [0, 0.05) is 6.54 Å². The molecule has 0 saturated heterocycles. The highest BCUT2D eigenvalue weighted by Gasteiger charge is 2.24. The van der Waals surface area contributed by atoms with E-state index in [0.717, 1.165) is 11.1 Å². The molecule has 0 fully saturated rings. The Kier molecular flexibility index (Phi) is 6.44. The smallest absolute Gasteiger partial charge is 0.264 e. The first-order valence-corrected chi connectivity index (χ1v) is 10.8. The molecule has 152 valence electrons. The van der Waals surface area contributed by atoms with Gasteiger partial charge < -0.3 is 9.47 Å². The maximum atomic E-state index is 13.2. The van der Waals surface area contributed by atoms with E-state index in [4.69, 9.17) is 9.47 Å². The number of ether oxygens (including phenoxy) is 2. The second-order valence-electron chi connectivity index (χ2n) is 6.57. The summed E-state index contributed by atoms with van der Waals surface area (Å²) in [5.41, 5.74) is 2.44. The van der Waals surface area contributed by atoms with E-state index >= 15 is 0 Å². The fraction of sp³-hybridized carbons (Fsp3) is 0.217. The normalized spacial score (nSPS) is 11.1. The minimum atomic E-state index is -3.68. The molecule has 0 atom stereocenters. The molecule has 0 N–H and O–H groups in total. The van der Waals surface area contributed by atoms with Gasteiger partial charge in [-0.05, 0) is 67.4 Å². The van der Waals surface area contributed by atoms with E-state index in [1.165, 1.54) is 4.31 Å². The van der Waals surface area contributed by atoms with Crippen LogP contribution >= 0.6 is 0 Å². The number of hydrogen-bond donors (Lipinski definition) is 0. The molecule has 0 aliphatic heterocycles. The third-order valence-electron chi connectivity index (χ3n) is 4.61. The summed E-state index contributed by atoms with van der Waals surface area (Å²) in [7, 11) is -2.12. The monoisotopic (exact) mass is 411 g/mol. The number of aryl methyl sites for hydroxylation is 1. The molecule has 0 spiro atoms. The molecular weight excluding hydrogens is 386 g/mol. The summed E-state index contributed by atoms with van der Waals surface area (Å²) in [5.74, 6) is 1.35. The van der Waals surface area contributed by atoms with Crippen molar-refractivity contribution in [2.45, 2.75) is 25.3 Å². The zero-order valence-electron chi connectivity index (χ0n) is 16.8. The van der Waals surface area contributed by atoms with Gasteiger partial charge in [0.15, 0.2) is 0 Å². The summed E-state index contributed by atoms with van der Waals surface area (Å²) in [4.78, 5) is 0.238. The highest BCUT2D eigenvalue weighted by molar-refractivity contribution is 7.92. The van der Waals surface area contributed by atoms with Crippen molar-refractivity contribution in [3.8, 4) is 11.5 Å². The molecule has 6 heteroatoms. The number of benzene rings is 3. The molecule has 0 saturated carbocycles. The van der Waals surface area contributed by atoms with E-state index in [1.54, 1.807) is 49.6 Å². The largest absolute Gasteiger partial charge is 0.496 e. The van der Waals surface area contributed by atoms with Gasteiger partial charge in [0.1, 0.15) is 18.1 Å². The van der Waals surface area contributed by atoms with Gasteiger partial charge in [-0.15, -0.1) is 0 Å². The van der Waals surface area contributed by atoms with Crippen LogP contribution in [0, 0.1) is 6.92 Å². The Morgan fingerprint density at radius 3 is 2.21 bits per heavy atom. The minimum Gasteiger partial charge on any atom is -0.496 e. The van der Waals surface area contributed by atoms with Crippen LogP contribution in [0.3, 0.4) is 0 Å². The van der Waals surface area contributed by atoms with Crippen LogP contribution in [0.5, 0.6) is 11.5 Å². The third-order valence-corrected chi connectivity index (χ3v) is 6.51. The van der Waals surface area contributed by atoms with Crippen LogP contribution < -0.4 is 13.8 Å². The molecule has 0 amide bonds. The Morgan fingerprint density at radius 2 is 1.62 bits per heavy atom. The quantitative estimate of drug-likeness (QED) is 0.534. The van der Waals surface area contributed by atoms with Crippen molar-refractivity contribution in [2.75, 3.05) is 18.0 Å². The summed E-state index contributed by atoms with van der Waals surface area (Å²) in [5, 5.41) is 0. The first-order chi connectivity index (χ1) is 14.0. The van der Waals surface area contributed by atoms with Crippen LogP contribution in [0.15, 0.2) is 77.7 Å². The minimum absolute atomic E-state index is 0.238. The second-order valence-corrected chi connectivity index (χ2v) is 8.43. The second kappa shape index (κ2) is 9.01. The topological polar surface area (TPSA) is 55.8 Å². The Labute approximate surface area is 172 Å². The number of hydrogen-bond acceptors (Lipinski definition) is 4. The van der Waals surface area contributed by atoms with Crippen LogP contribution in [0.1, 0.15) is 18.1 Å². The number of nitrogens with zero attached hydrogens (tertiary/aromatic N) is 1. The van der Waals surface area contributed by atoms with E-state index in [2.05, 4.69) is 0 Å². The van der Waals surface area contributed by atoms with Crippen LogP contribution in [0.2, 0.25) is 0 Å². The highest BCUT2D eigenvalue weighted by Crippen LogP contribution is 2.28. The van der Waals surface area contributed by atoms with Crippen molar-refractivity contribution in [1.82, 2.24) is 0 Å². The summed E-state index contributed by atoms with van der Waals surface area (Å²) >= 11 is 0. The van der Waals surface area contributed by atoms with Crippen LogP contribution in [0.25, 0.3) is 0 Å². The van der Waals surface area contributed by atoms with Crippen LogP contribution in [0.4, 0.5) is 5.69 Å². The Bertz CT molecular complexity index is 1050. The van der Waals surface area contributed by atoms with Crippen LogP contribution in [-0.2, 0) is 16.6 Å². The van der Waals surface area contributed by atoms with Crippen molar-refractivity contribution in [1.29, 1.82) is 0 Å². The molecule has 0 aliphatic rings. The fourth-order valence-electron chi connectivity index (χ4n) is 3.08. The first kappa shape index (κ1) is 20.7. The van der Waals surface area contributed by atoms with Gasteiger partial charge >= 0.3 is 0 Å². The molecule has 0 bridgehead atoms. The first-order valence-electron chi connectivity index (χ1n) is 9.40. The lowest BCUT2D eigenvalue weighted by atomic mass is 10.2. The van der Waals surface area contributed by atoms with Gasteiger partial charge in [0.25, 0.3) is 10.0 Å². The van der Waals surface area contributed by atoms with E-state index in [1.807, 2.05) is 44.2 Å². The van der Waals surface area contributed by atoms with Crippen molar-refractivity contribution in [2.24, 2.45) is 0 Å². The molecule has 3 aromatic carbocycles. The molecular formula is C23H25NO4S. The van der Waals surface area contributed by atoms with Gasteiger partial charge in [-0.2, -0.15) is 0 Å². The van der Waals surface area contributed by atoms with Crippen LogP contribution in [-0.4, -0.2) is 22.1 Å². The summed E-state index contributed by atoms with van der Waals surface area (Å²) in [6, 6.07) is 21.9. The predicted molar refractivity (Wildman–Crippen MR) is 115 cm³/mol. The Balaban J connectivity index is 1.79. The number of anilines is 1. The van der Waals surface area contributed by atoms with Gasteiger partial charge in [0.05, 0.1) is 17.7 Å². The van der Waals surface area contributed by atoms with E-state index in [0.29, 0.717) is 30.3 Å². The Hall–Kier alpha value is -2.99. The summed E-state index contributed by atoms with van der Waals surface area (Å²) in [6.07, 6.45) is 0. The molecule has 0 radical (unpaired) electrons. The van der Waals surface area contributed by atoms with Gasteiger partial charge in [-0.3, -0.25) is 4.31 Å². The van der Waals surface area contributed by atoms with Crippen molar-refractivity contribution in [3.05, 3.63) is 83.9 Å². The van der Waals surface area contributed by atoms with Gasteiger partial charge in [-0.1, -0.05) is 30.3 Å². The lowest BCUT2D eigenvalue weighted by Gasteiger charge is -2.23. The fourth-order valence-corrected chi connectivity index (χ4v) is 4.64. The standard InChI is InChI=1S/C23H25NO4S/c1-4-24(29(25,26)22-14-15-23(27-3)18(2)16-22)20-10-12-21(13-11-20)28-17-19-8-6-5-7-9-19/h5-16H,4,17H2,1-3H3. The molecule has 0 unspecified atom stereocenters. The molecule has 0 aromatic heterocycles. The molecule has 0 aliphatic carbocycles. The zero-order chi connectivity index (χ0) is 20.9. The van der Waals surface area contributed by atoms with Crippen molar-refractivity contribution >= 4 is 15.7 Å². The summed E-state index contributed by atoms with van der Waals surface area (Å²) in [6.45, 7) is 4.42. The van der Waals surface area contributed by atoms with E-state index in [9.17, 15) is 8.42 Å². The molecule has 0 heterocycles. The molecule has 29 heavy (non-hydrogen) atoms. The molecule has 3 rings (SSSR count). The van der Waals surface area contributed by atoms with E-state index in [-0.39, 0.29) is 4.90 Å². The summed E-state index contributed by atoms with van der Waals surface area (Å²) < 4.78 is 38.7. The third kappa shape index (κ3) is 4.71. The lowest BCUT2D eigenvalue weighted by molar-refractivity contribution is 0.306. The zero-order valence-corrected chi connectivity index (χ0v) is 17.6. The molecule has 5 nitrogen and oxygen atoms in total. The number of sulfonamides is 1. The van der Waals surface area contributed by atoms with E-state index < -0.39 is 10.0 Å². The SMILES string of the molecule is CCN(c1ccc(OCc2ccccc2)cc1)S(=O)(=O)c1ccc(OC)c(C)c1. The Morgan fingerprint density at radius 1 is 0.931 bits per heavy atom. The highest BCUT2D eigenvalue weighted by atomic mass is 32.2. The average Bonchev–Trinajstić information content (AvgIpc) is 2.74.